The summed E-state index contributed by atoms with van der Waals surface area (Å²) >= 11 is 0. The van der Waals surface area contributed by atoms with Gasteiger partial charge in [-0.1, -0.05) is 25.1 Å². The number of halogens is 3. The van der Waals surface area contributed by atoms with Crippen molar-refractivity contribution in [3.8, 4) is 0 Å². The predicted octanol–water partition coefficient (Wildman–Crippen LogP) is 5.77. The van der Waals surface area contributed by atoms with Crippen molar-refractivity contribution >= 4 is 16.3 Å². The second kappa shape index (κ2) is 5.21. The summed E-state index contributed by atoms with van der Waals surface area (Å²) in [7, 11) is 0. The Kier molecular flexibility index (Phi) is 3.52. The Morgan fingerprint density at radius 3 is 2.48 bits per heavy atom. The molecule has 0 fully saturated rings. The van der Waals surface area contributed by atoms with E-state index < -0.39 is 17.5 Å². The maximum absolute atomic E-state index is 14.3. The summed E-state index contributed by atoms with van der Waals surface area (Å²) < 4.78 is 42.7. The van der Waals surface area contributed by atoms with Crippen molar-refractivity contribution in [2.24, 2.45) is 5.92 Å². The number of aryl methyl sites for hydroxylation is 1. The molecule has 21 heavy (non-hydrogen) atoms. The monoisotopic (exact) mass is 290 g/mol. The first kappa shape index (κ1) is 14.2. The molecule has 2 aromatic rings. The fourth-order valence-electron chi connectivity index (χ4n) is 2.93. The highest BCUT2D eigenvalue weighted by Crippen LogP contribution is 2.35. The van der Waals surface area contributed by atoms with Crippen LogP contribution in [-0.2, 0) is 0 Å². The molecule has 1 aliphatic carbocycles. The van der Waals surface area contributed by atoms with E-state index >= 15 is 0 Å². The van der Waals surface area contributed by atoms with Gasteiger partial charge in [0.25, 0.3) is 0 Å². The summed E-state index contributed by atoms with van der Waals surface area (Å²) in [5, 5.41) is 0.160. The molecule has 0 amide bonds. The van der Waals surface area contributed by atoms with E-state index in [2.05, 4.69) is 6.92 Å². The number of hydrogen-bond donors (Lipinski definition) is 0. The lowest BCUT2D eigenvalue weighted by Gasteiger charge is -2.19. The van der Waals surface area contributed by atoms with E-state index in [4.69, 9.17) is 0 Å². The minimum Gasteiger partial charge on any atom is -0.206 e. The van der Waals surface area contributed by atoms with Crippen molar-refractivity contribution in [2.75, 3.05) is 0 Å². The average molecular weight is 290 g/mol. The van der Waals surface area contributed by atoms with Crippen molar-refractivity contribution in [1.29, 1.82) is 0 Å². The summed E-state index contributed by atoms with van der Waals surface area (Å²) in [4.78, 5) is 0. The van der Waals surface area contributed by atoms with Crippen LogP contribution in [0.3, 0.4) is 0 Å². The minimum absolute atomic E-state index is 0.249. The van der Waals surface area contributed by atoms with Crippen LogP contribution in [0.1, 0.15) is 37.3 Å². The van der Waals surface area contributed by atoms with E-state index in [0.717, 1.165) is 24.8 Å². The lowest BCUT2D eigenvalue weighted by atomic mass is 9.86. The van der Waals surface area contributed by atoms with E-state index in [-0.39, 0.29) is 10.9 Å². The van der Waals surface area contributed by atoms with Crippen LogP contribution in [0.25, 0.3) is 16.3 Å². The molecule has 3 rings (SSSR count). The fourth-order valence-corrected chi connectivity index (χ4v) is 2.93. The lowest BCUT2D eigenvalue weighted by molar-refractivity contribution is 0.504. The largest absolute Gasteiger partial charge is 0.206 e. The van der Waals surface area contributed by atoms with Crippen LogP contribution in [0.4, 0.5) is 13.2 Å². The number of benzene rings is 2. The van der Waals surface area contributed by atoms with E-state index in [1.165, 1.54) is 0 Å². The van der Waals surface area contributed by atoms with Crippen LogP contribution < -0.4 is 0 Å². The van der Waals surface area contributed by atoms with Gasteiger partial charge >= 0.3 is 0 Å². The number of hydrogen-bond acceptors (Lipinski definition) is 0. The molecule has 0 radical (unpaired) electrons. The van der Waals surface area contributed by atoms with Gasteiger partial charge in [-0.15, -0.1) is 0 Å². The van der Waals surface area contributed by atoms with Gasteiger partial charge in [-0.2, -0.15) is 0 Å². The van der Waals surface area contributed by atoms with Crippen molar-refractivity contribution < 1.29 is 13.2 Å². The van der Waals surface area contributed by atoms with Gasteiger partial charge in [0.1, 0.15) is 5.82 Å². The second-order valence-corrected chi connectivity index (χ2v) is 5.96. The van der Waals surface area contributed by atoms with Crippen LogP contribution in [0, 0.1) is 30.3 Å². The third kappa shape index (κ3) is 2.35. The average Bonchev–Trinajstić information content (AvgIpc) is 2.47. The standard InChI is InChI=1S/C18H17F3/c1-10-3-6-12(7-4-10)14-9-13-8-5-11(2)16(19)15(13)18(21)17(14)20/h5-6,8-10H,3-4,7H2,1-2H3. The molecule has 0 spiro atoms. The van der Waals surface area contributed by atoms with Gasteiger partial charge in [0.2, 0.25) is 0 Å². The number of fused-ring (bicyclic) bond motifs is 1. The third-order valence-corrected chi connectivity index (χ3v) is 4.33. The molecule has 0 saturated carbocycles. The molecule has 3 heteroatoms. The van der Waals surface area contributed by atoms with Crippen LogP contribution >= 0.6 is 0 Å². The number of allylic oxidation sites excluding steroid dienone is 2. The van der Waals surface area contributed by atoms with Crippen LogP contribution in [0.15, 0.2) is 24.3 Å². The highest BCUT2D eigenvalue weighted by Gasteiger charge is 2.21. The summed E-state index contributed by atoms with van der Waals surface area (Å²) in [5.41, 5.74) is 1.42. The molecule has 1 aliphatic rings. The van der Waals surface area contributed by atoms with E-state index in [9.17, 15) is 13.2 Å². The Bertz CT molecular complexity index is 744. The zero-order valence-corrected chi connectivity index (χ0v) is 12.1. The van der Waals surface area contributed by atoms with Gasteiger partial charge in [0.05, 0.1) is 5.39 Å². The topological polar surface area (TPSA) is 0 Å². The van der Waals surface area contributed by atoms with Crippen molar-refractivity contribution in [2.45, 2.75) is 33.1 Å². The molecule has 0 aliphatic heterocycles. The maximum atomic E-state index is 14.3. The van der Waals surface area contributed by atoms with Gasteiger partial charge in [-0.25, -0.2) is 13.2 Å². The van der Waals surface area contributed by atoms with Gasteiger partial charge in [-0.05, 0) is 54.7 Å². The highest BCUT2D eigenvalue weighted by molar-refractivity contribution is 5.88. The Morgan fingerprint density at radius 2 is 1.81 bits per heavy atom. The van der Waals surface area contributed by atoms with E-state index in [0.29, 0.717) is 16.9 Å². The third-order valence-electron chi connectivity index (χ3n) is 4.33. The Balaban J connectivity index is 2.22. The van der Waals surface area contributed by atoms with Crippen LogP contribution in [-0.4, -0.2) is 0 Å². The molecule has 110 valence electrons. The zero-order chi connectivity index (χ0) is 15.1. The summed E-state index contributed by atoms with van der Waals surface area (Å²) in [5.74, 6) is -2.13. The molecule has 0 nitrogen and oxygen atoms in total. The van der Waals surface area contributed by atoms with Crippen molar-refractivity contribution in [3.05, 3.63) is 52.9 Å². The molecular weight excluding hydrogens is 273 g/mol. The van der Waals surface area contributed by atoms with Gasteiger partial charge in [0.15, 0.2) is 11.6 Å². The summed E-state index contributed by atoms with van der Waals surface area (Å²) in [6, 6.07) is 4.81. The molecule has 0 saturated heterocycles. The zero-order valence-electron chi connectivity index (χ0n) is 12.1. The van der Waals surface area contributed by atoms with Crippen molar-refractivity contribution in [3.63, 3.8) is 0 Å². The van der Waals surface area contributed by atoms with Crippen LogP contribution in [0.5, 0.6) is 0 Å². The summed E-state index contributed by atoms with van der Waals surface area (Å²) in [6.07, 6.45) is 4.55. The molecule has 0 bridgehead atoms. The smallest absolute Gasteiger partial charge is 0.170 e. The van der Waals surface area contributed by atoms with E-state index in [1.807, 2.05) is 6.08 Å². The van der Waals surface area contributed by atoms with Crippen molar-refractivity contribution in [1.82, 2.24) is 0 Å². The quantitative estimate of drug-likeness (QED) is 0.625. The first-order valence-corrected chi connectivity index (χ1v) is 7.25. The summed E-state index contributed by atoms with van der Waals surface area (Å²) in [6.45, 7) is 3.69. The SMILES string of the molecule is Cc1ccc2cc(C3=CCC(C)CC3)c(F)c(F)c2c1F. The van der Waals surface area contributed by atoms with Gasteiger partial charge < -0.3 is 0 Å². The predicted molar refractivity (Wildman–Crippen MR) is 79.6 cm³/mol. The first-order chi connectivity index (χ1) is 9.99. The molecule has 1 atom stereocenters. The van der Waals surface area contributed by atoms with E-state index in [1.54, 1.807) is 25.1 Å². The van der Waals surface area contributed by atoms with Gasteiger partial charge in [0, 0.05) is 5.56 Å². The van der Waals surface area contributed by atoms with Gasteiger partial charge in [-0.3, -0.25) is 0 Å². The fraction of sp³-hybridized carbons (Fsp3) is 0.333. The molecule has 1 unspecified atom stereocenters. The molecule has 0 heterocycles. The Labute approximate surface area is 122 Å². The Hall–Kier alpha value is -1.77. The molecule has 0 N–H and O–H groups in total. The molecular formula is C18H17F3. The molecule has 0 aromatic heterocycles. The molecule has 2 aromatic carbocycles. The Morgan fingerprint density at radius 1 is 1.05 bits per heavy atom. The maximum Gasteiger partial charge on any atom is 0.170 e. The highest BCUT2D eigenvalue weighted by atomic mass is 19.2. The minimum atomic E-state index is -1.08. The lowest BCUT2D eigenvalue weighted by Crippen LogP contribution is -2.04. The number of rotatable bonds is 1. The normalized spacial score (nSPS) is 18.9. The van der Waals surface area contributed by atoms with Crippen LogP contribution in [0.2, 0.25) is 0 Å². The second-order valence-electron chi connectivity index (χ2n) is 5.96. The first-order valence-electron chi connectivity index (χ1n) is 7.25.